The molecule has 2 fully saturated rings. The zero-order chi connectivity index (χ0) is 22.2. The van der Waals surface area contributed by atoms with E-state index >= 15 is 0 Å². The quantitative estimate of drug-likeness (QED) is 0.633. The van der Waals surface area contributed by atoms with Gasteiger partial charge in [0, 0.05) is 42.9 Å². The molecule has 1 aliphatic carbocycles. The van der Waals surface area contributed by atoms with Crippen molar-refractivity contribution in [2.45, 2.75) is 37.1 Å². The third kappa shape index (κ3) is 4.05. The molecule has 2 heterocycles. The van der Waals surface area contributed by atoms with Gasteiger partial charge in [0.15, 0.2) is 11.6 Å². The summed E-state index contributed by atoms with van der Waals surface area (Å²) in [5.41, 5.74) is 4.66. The Balaban J connectivity index is 1.39. The summed E-state index contributed by atoms with van der Waals surface area (Å²) in [6.07, 6.45) is 4.77. The Kier molecular flexibility index (Phi) is 5.51. The van der Waals surface area contributed by atoms with E-state index in [1.54, 1.807) is 12.3 Å². The highest BCUT2D eigenvalue weighted by Gasteiger charge is 2.31. The fourth-order valence-corrected chi connectivity index (χ4v) is 4.71. The molecule has 2 aliphatic rings. The van der Waals surface area contributed by atoms with Crippen LogP contribution in [0.4, 0.5) is 8.78 Å². The smallest absolute Gasteiger partial charge is 0.251 e. The van der Waals surface area contributed by atoms with E-state index in [4.69, 9.17) is 0 Å². The number of aryl methyl sites for hydroxylation is 1. The van der Waals surface area contributed by atoms with Crippen LogP contribution in [0.2, 0.25) is 0 Å². The van der Waals surface area contributed by atoms with Gasteiger partial charge in [0.2, 0.25) is 0 Å². The van der Waals surface area contributed by atoms with Crippen LogP contribution >= 0.6 is 0 Å². The summed E-state index contributed by atoms with van der Waals surface area (Å²) in [5.74, 6) is -1.47. The molecule has 2 atom stereocenters. The molecule has 166 valence electrons. The monoisotopic (exact) mass is 436 g/mol. The van der Waals surface area contributed by atoms with E-state index < -0.39 is 11.6 Å². The molecular weight excluding hydrogens is 410 g/mol. The number of hydrogen-bond donors (Lipinski definition) is 2. The maximum Gasteiger partial charge on any atom is 0.251 e. The van der Waals surface area contributed by atoms with E-state index in [-0.39, 0.29) is 17.9 Å². The summed E-state index contributed by atoms with van der Waals surface area (Å²) in [6.45, 7) is 1.35. The van der Waals surface area contributed by atoms with Gasteiger partial charge in [0.05, 0.1) is 5.69 Å². The Hall–Kier alpha value is -3.06. The number of halogens is 2. The number of benzene rings is 2. The van der Waals surface area contributed by atoms with Crippen molar-refractivity contribution in [1.82, 2.24) is 20.4 Å². The summed E-state index contributed by atoms with van der Waals surface area (Å²) in [6, 6.07) is 11.7. The highest BCUT2D eigenvalue weighted by Crippen LogP contribution is 2.44. The molecule has 1 aromatic heterocycles. The van der Waals surface area contributed by atoms with Crippen LogP contribution < -0.4 is 10.6 Å². The number of nitrogens with zero attached hydrogens (tertiary/aromatic N) is 2. The van der Waals surface area contributed by atoms with Crippen molar-refractivity contribution in [3.8, 4) is 11.3 Å². The number of rotatable bonds is 5. The maximum absolute atomic E-state index is 13.8. The lowest BCUT2D eigenvalue weighted by Crippen LogP contribution is -2.50. The molecule has 0 bridgehead atoms. The minimum atomic E-state index is -0.857. The van der Waals surface area contributed by atoms with Crippen molar-refractivity contribution in [2.75, 3.05) is 13.1 Å². The zero-order valence-corrected chi connectivity index (χ0v) is 17.9. The average Bonchev–Trinajstić information content (AvgIpc) is 3.56. The van der Waals surface area contributed by atoms with Crippen LogP contribution in [0, 0.1) is 11.6 Å². The van der Waals surface area contributed by atoms with Gasteiger partial charge in [-0.05, 0) is 73.2 Å². The predicted molar refractivity (Wildman–Crippen MR) is 118 cm³/mol. The van der Waals surface area contributed by atoms with Gasteiger partial charge < -0.3 is 10.6 Å². The fourth-order valence-electron chi connectivity index (χ4n) is 4.71. The minimum absolute atomic E-state index is 0.0769. The van der Waals surface area contributed by atoms with Crippen molar-refractivity contribution in [1.29, 1.82) is 0 Å². The predicted octanol–water partition coefficient (Wildman–Crippen LogP) is 4.12. The first-order chi connectivity index (χ1) is 15.5. The highest BCUT2D eigenvalue weighted by atomic mass is 19.2. The van der Waals surface area contributed by atoms with Crippen molar-refractivity contribution < 1.29 is 13.6 Å². The molecule has 1 saturated carbocycles. The lowest BCUT2D eigenvalue weighted by atomic mass is 9.85. The molecule has 2 N–H and O–H groups in total. The van der Waals surface area contributed by atoms with E-state index in [2.05, 4.69) is 15.7 Å². The van der Waals surface area contributed by atoms with E-state index in [9.17, 15) is 13.6 Å². The number of piperidine rings is 1. The first-order valence-corrected chi connectivity index (χ1v) is 11.1. The summed E-state index contributed by atoms with van der Waals surface area (Å²) >= 11 is 0. The van der Waals surface area contributed by atoms with Crippen LogP contribution in [0.5, 0.6) is 0 Å². The third-order valence-corrected chi connectivity index (χ3v) is 6.60. The van der Waals surface area contributed by atoms with Gasteiger partial charge in [0.1, 0.15) is 0 Å². The summed E-state index contributed by atoms with van der Waals surface area (Å²) in [4.78, 5) is 13.2. The second-order valence-electron chi connectivity index (χ2n) is 8.77. The number of nitrogens with one attached hydrogen (secondary N) is 2. The van der Waals surface area contributed by atoms with Gasteiger partial charge >= 0.3 is 0 Å². The van der Waals surface area contributed by atoms with Crippen molar-refractivity contribution in [2.24, 2.45) is 7.05 Å². The van der Waals surface area contributed by atoms with Gasteiger partial charge in [-0.3, -0.25) is 9.48 Å². The summed E-state index contributed by atoms with van der Waals surface area (Å²) in [7, 11) is 1.92. The molecule has 1 saturated heterocycles. The van der Waals surface area contributed by atoms with Crippen LogP contribution in [-0.2, 0) is 7.05 Å². The molecule has 5 nitrogen and oxygen atoms in total. The first-order valence-electron chi connectivity index (χ1n) is 11.1. The number of carbonyl (C=O) groups excluding carboxylic acids is 1. The maximum atomic E-state index is 13.8. The Morgan fingerprint density at radius 1 is 1.09 bits per heavy atom. The number of amides is 1. The van der Waals surface area contributed by atoms with Gasteiger partial charge in [0.25, 0.3) is 5.91 Å². The highest BCUT2D eigenvalue weighted by molar-refractivity contribution is 5.95. The van der Waals surface area contributed by atoms with Crippen LogP contribution in [0.15, 0.2) is 48.7 Å². The van der Waals surface area contributed by atoms with E-state index in [0.29, 0.717) is 23.6 Å². The first kappa shape index (κ1) is 20.8. The molecule has 3 aromatic rings. The molecule has 32 heavy (non-hydrogen) atoms. The molecule has 0 spiro atoms. The lowest BCUT2D eigenvalue weighted by Gasteiger charge is -2.33. The van der Waals surface area contributed by atoms with Gasteiger partial charge in [-0.2, -0.15) is 5.10 Å². The number of hydrogen-bond acceptors (Lipinski definition) is 3. The Morgan fingerprint density at radius 3 is 2.66 bits per heavy atom. The minimum Gasteiger partial charge on any atom is -0.347 e. The van der Waals surface area contributed by atoms with E-state index in [0.717, 1.165) is 43.1 Å². The van der Waals surface area contributed by atoms with Crippen LogP contribution in [-0.4, -0.2) is 34.8 Å². The van der Waals surface area contributed by atoms with E-state index in [1.165, 1.54) is 11.6 Å². The molecule has 0 radical (unpaired) electrons. The Labute approximate surface area is 185 Å². The molecule has 0 unspecified atom stereocenters. The Morgan fingerprint density at radius 2 is 1.94 bits per heavy atom. The third-order valence-electron chi connectivity index (χ3n) is 6.60. The second-order valence-corrected chi connectivity index (χ2v) is 8.77. The SMILES string of the molecule is Cn1nccc1-c1ccc(C(=O)N[C@@H]2CNCC[C@H]2c2ccc(F)c(F)c2)cc1C1CC1. The van der Waals surface area contributed by atoms with Crippen molar-refractivity contribution >= 4 is 5.91 Å². The molecule has 2 aromatic carbocycles. The van der Waals surface area contributed by atoms with Crippen molar-refractivity contribution in [3.05, 3.63) is 77.0 Å². The van der Waals surface area contributed by atoms with Gasteiger partial charge in [-0.1, -0.05) is 12.1 Å². The lowest BCUT2D eigenvalue weighted by molar-refractivity contribution is 0.0924. The average molecular weight is 437 g/mol. The van der Waals surface area contributed by atoms with Crippen LogP contribution in [0.1, 0.15) is 52.6 Å². The normalized spacial score (nSPS) is 20.8. The summed E-state index contributed by atoms with van der Waals surface area (Å²) < 4.78 is 29.1. The van der Waals surface area contributed by atoms with Crippen LogP contribution in [0.25, 0.3) is 11.3 Å². The molecule has 7 heteroatoms. The topological polar surface area (TPSA) is 59.0 Å². The summed E-state index contributed by atoms with van der Waals surface area (Å²) in [5, 5.41) is 10.7. The van der Waals surface area contributed by atoms with Crippen LogP contribution in [0.3, 0.4) is 0 Å². The molecular formula is C25H26F2N4O. The number of carbonyl (C=O) groups is 1. The van der Waals surface area contributed by atoms with Gasteiger partial charge in [-0.25, -0.2) is 8.78 Å². The standard InChI is InChI=1S/C25H26F2N4O/c1-31-24(9-11-29-31)19-6-4-17(12-20(19)15-2-3-15)25(32)30-23-14-28-10-8-18(23)16-5-7-21(26)22(27)13-16/h4-7,9,11-13,15,18,23,28H,2-3,8,10,14H2,1H3,(H,30,32)/t18-,23+/m0/s1. The van der Waals surface area contributed by atoms with Gasteiger partial charge in [-0.15, -0.1) is 0 Å². The second kappa shape index (κ2) is 8.47. The molecule has 1 aliphatic heterocycles. The fraction of sp³-hybridized carbons (Fsp3) is 0.360. The molecule has 1 amide bonds. The molecule has 5 rings (SSSR count). The van der Waals surface area contributed by atoms with E-state index in [1.807, 2.05) is 36.0 Å². The number of aromatic nitrogens is 2. The largest absolute Gasteiger partial charge is 0.347 e. The zero-order valence-electron chi connectivity index (χ0n) is 17.9. The van der Waals surface area contributed by atoms with Crippen molar-refractivity contribution in [3.63, 3.8) is 0 Å². The Bertz CT molecular complexity index is 1150.